The summed E-state index contributed by atoms with van der Waals surface area (Å²) >= 11 is 1.35. The molecule has 0 radical (unpaired) electrons. The standard InChI is InChI=1S/C15H27NO3S/c1-2-5-13(10-12-6-3-4-7-12)15(19)16-8-9-20-11-14(17)18/h12-13H,2-11H2,1H3,(H,16,19)(H,17,18). The van der Waals surface area contributed by atoms with Crippen molar-refractivity contribution in [2.45, 2.75) is 51.9 Å². The van der Waals surface area contributed by atoms with Gasteiger partial charge in [0.05, 0.1) is 5.75 Å². The molecule has 4 nitrogen and oxygen atoms in total. The lowest BCUT2D eigenvalue weighted by Crippen LogP contribution is -2.33. The zero-order valence-corrected chi connectivity index (χ0v) is 13.2. The summed E-state index contributed by atoms with van der Waals surface area (Å²) in [7, 11) is 0. The van der Waals surface area contributed by atoms with E-state index in [9.17, 15) is 9.59 Å². The van der Waals surface area contributed by atoms with Crippen LogP contribution in [0.4, 0.5) is 0 Å². The number of aliphatic carboxylic acids is 1. The van der Waals surface area contributed by atoms with Crippen molar-refractivity contribution in [3.8, 4) is 0 Å². The zero-order valence-electron chi connectivity index (χ0n) is 12.4. The minimum Gasteiger partial charge on any atom is -0.481 e. The lowest BCUT2D eigenvalue weighted by molar-refractivity contribution is -0.134. The molecule has 0 heterocycles. The molecule has 1 aliphatic carbocycles. The quantitative estimate of drug-likeness (QED) is 0.609. The van der Waals surface area contributed by atoms with Crippen LogP contribution in [-0.2, 0) is 9.59 Å². The SMILES string of the molecule is CCCC(CC1CCCC1)C(=O)NCCSCC(=O)O. The van der Waals surface area contributed by atoms with Gasteiger partial charge < -0.3 is 10.4 Å². The topological polar surface area (TPSA) is 66.4 Å². The molecule has 0 bridgehead atoms. The molecule has 5 heteroatoms. The first-order chi connectivity index (χ1) is 9.63. The molecule has 0 spiro atoms. The van der Waals surface area contributed by atoms with Gasteiger partial charge in [0.2, 0.25) is 5.91 Å². The number of rotatable bonds is 10. The van der Waals surface area contributed by atoms with E-state index >= 15 is 0 Å². The van der Waals surface area contributed by atoms with E-state index < -0.39 is 5.97 Å². The average molecular weight is 301 g/mol. The third-order valence-corrected chi connectivity index (χ3v) is 4.82. The van der Waals surface area contributed by atoms with Gasteiger partial charge in [-0.05, 0) is 18.8 Å². The van der Waals surface area contributed by atoms with Crippen LogP contribution in [0.5, 0.6) is 0 Å². The molecule has 0 aromatic carbocycles. The van der Waals surface area contributed by atoms with Gasteiger partial charge in [-0.15, -0.1) is 11.8 Å². The summed E-state index contributed by atoms with van der Waals surface area (Å²) < 4.78 is 0. The largest absolute Gasteiger partial charge is 0.481 e. The summed E-state index contributed by atoms with van der Waals surface area (Å²) in [4.78, 5) is 22.6. The molecular formula is C15H27NO3S. The zero-order chi connectivity index (χ0) is 14.8. The van der Waals surface area contributed by atoms with Gasteiger partial charge >= 0.3 is 5.97 Å². The van der Waals surface area contributed by atoms with Gasteiger partial charge in [-0.1, -0.05) is 39.0 Å². The minimum atomic E-state index is -0.800. The molecule has 1 amide bonds. The van der Waals surface area contributed by atoms with E-state index in [1.807, 2.05) is 0 Å². The minimum absolute atomic E-state index is 0.107. The van der Waals surface area contributed by atoms with E-state index in [1.165, 1.54) is 37.4 Å². The number of thioether (sulfide) groups is 1. The van der Waals surface area contributed by atoms with Crippen LogP contribution < -0.4 is 5.32 Å². The monoisotopic (exact) mass is 301 g/mol. The predicted molar refractivity (Wildman–Crippen MR) is 82.9 cm³/mol. The first-order valence-corrected chi connectivity index (χ1v) is 8.86. The maximum absolute atomic E-state index is 12.2. The van der Waals surface area contributed by atoms with Crippen molar-refractivity contribution < 1.29 is 14.7 Å². The number of hydrogen-bond donors (Lipinski definition) is 2. The van der Waals surface area contributed by atoms with Crippen molar-refractivity contribution in [3.05, 3.63) is 0 Å². The molecule has 20 heavy (non-hydrogen) atoms. The number of nitrogens with one attached hydrogen (secondary N) is 1. The van der Waals surface area contributed by atoms with Gasteiger partial charge in [0.1, 0.15) is 0 Å². The molecule has 1 atom stereocenters. The molecule has 0 aliphatic heterocycles. The number of hydrogen-bond acceptors (Lipinski definition) is 3. The van der Waals surface area contributed by atoms with Crippen molar-refractivity contribution in [1.82, 2.24) is 5.32 Å². The molecule has 1 aliphatic rings. The van der Waals surface area contributed by atoms with Crippen LogP contribution in [0.15, 0.2) is 0 Å². The summed E-state index contributed by atoms with van der Waals surface area (Å²) in [5.41, 5.74) is 0. The van der Waals surface area contributed by atoms with Crippen LogP contribution in [0.1, 0.15) is 51.9 Å². The Morgan fingerprint density at radius 2 is 2.05 bits per heavy atom. The average Bonchev–Trinajstić information content (AvgIpc) is 2.90. The van der Waals surface area contributed by atoms with Crippen LogP contribution >= 0.6 is 11.8 Å². The van der Waals surface area contributed by atoms with Crippen LogP contribution in [0.3, 0.4) is 0 Å². The summed E-state index contributed by atoms with van der Waals surface area (Å²) in [5, 5.41) is 11.5. The molecule has 0 aromatic rings. The molecule has 1 rings (SSSR count). The molecule has 1 unspecified atom stereocenters. The van der Waals surface area contributed by atoms with E-state index in [0.29, 0.717) is 12.3 Å². The Morgan fingerprint density at radius 1 is 1.35 bits per heavy atom. The second-order valence-electron chi connectivity index (χ2n) is 5.61. The van der Waals surface area contributed by atoms with E-state index in [2.05, 4.69) is 12.2 Å². The van der Waals surface area contributed by atoms with Crippen molar-refractivity contribution in [2.24, 2.45) is 11.8 Å². The number of carboxylic acids is 1. The number of carboxylic acid groups (broad SMARTS) is 1. The van der Waals surface area contributed by atoms with Crippen molar-refractivity contribution in [3.63, 3.8) is 0 Å². The van der Waals surface area contributed by atoms with E-state index in [4.69, 9.17) is 5.11 Å². The number of carbonyl (C=O) groups is 2. The Hall–Kier alpha value is -0.710. The predicted octanol–water partition coefficient (Wildman–Crippen LogP) is 2.92. The van der Waals surface area contributed by atoms with E-state index in [1.54, 1.807) is 0 Å². The third kappa shape index (κ3) is 7.17. The summed E-state index contributed by atoms with van der Waals surface area (Å²) in [6, 6.07) is 0. The smallest absolute Gasteiger partial charge is 0.313 e. The van der Waals surface area contributed by atoms with E-state index in [-0.39, 0.29) is 17.6 Å². The first kappa shape index (κ1) is 17.3. The maximum Gasteiger partial charge on any atom is 0.313 e. The highest BCUT2D eigenvalue weighted by molar-refractivity contribution is 7.99. The molecular weight excluding hydrogens is 274 g/mol. The second kappa shape index (κ2) is 10.1. The van der Waals surface area contributed by atoms with Gasteiger partial charge in [-0.2, -0.15) is 0 Å². The van der Waals surface area contributed by atoms with Gasteiger partial charge in [0.25, 0.3) is 0 Å². The fourth-order valence-electron chi connectivity index (χ4n) is 2.90. The van der Waals surface area contributed by atoms with Gasteiger partial charge in [-0.25, -0.2) is 0 Å². The molecule has 2 N–H and O–H groups in total. The second-order valence-corrected chi connectivity index (χ2v) is 6.71. The van der Waals surface area contributed by atoms with Crippen LogP contribution in [-0.4, -0.2) is 35.0 Å². The summed E-state index contributed by atoms with van der Waals surface area (Å²) in [6.45, 7) is 2.69. The van der Waals surface area contributed by atoms with Gasteiger partial charge in [0.15, 0.2) is 0 Å². The van der Waals surface area contributed by atoms with Crippen molar-refractivity contribution >= 4 is 23.6 Å². The maximum atomic E-state index is 12.2. The number of amides is 1. The molecule has 1 fully saturated rings. The fourth-order valence-corrected chi connectivity index (χ4v) is 3.47. The van der Waals surface area contributed by atoms with Gasteiger partial charge in [0, 0.05) is 18.2 Å². The Balaban J connectivity index is 2.22. The normalized spacial score (nSPS) is 17.1. The molecule has 0 aromatic heterocycles. The highest BCUT2D eigenvalue weighted by Gasteiger charge is 2.24. The molecule has 116 valence electrons. The first-order valence-electron chi connectivity index (χ1n) is 7.70. The Bertz CT molecular complexity index is 303. The van der Waals surface area contributed by atoms with Crippen LogP contribution in [0.2, 0.25) is 0 Å². The van der Waals surface area contributed by atoms with Crippen LogP contribution in [0.25, 0.3) is 0 Å². The summed E-state index contributed by atoms with van der Waals surface area (Å²) in [5.74, 6) is 1.02. The Morgan fingerprint density at radius 3 is 2.65 bits per heavy atom. The van der Waals surface area contributed by atoms with Crippen molar-refractivity contribution in [2.75, 3.05) is 18.1 Å². The fraction of sp³-hybridized carbons (Fsp3) is 0.867. The van der Waals surface area contributed by atoms with Gasteiger partial charge in [-0.3, -0.25) is 9.59 Å². The Kier molecular flexibility index (Phi) is 8.74. The lowest BCUT2D eigenvalue weighted by Gasteiger charge is -2.19. The van der Waals surface area contributed by atoms with Crippen LogP contribution in [0, 0.1) is 11.8 Å². The van der Waals surface area contributed by atoms with E-state index in [0.717, 1.165) is 25.2 Å². The highest BCUT2D eigenvalue weighted by Crippen LogP contribution is 2.31. The molecule has 0 saturated heterocycles. The highest BCUT2D eigenvalue weighted by atomic mass is 32.2. The lowest BCUT2D eigenvalue weighted by atomic mass is 9.89. The Labute approximate surface area is 126 Å². The third-order valence-electron chi connectivity index (χ3n) is 3.87. The molecule has 1 saturated carbocycles. The number of carbonyl (C=O) groups excluding carboxylic acids is 1. The van der Waals surface area contributed by atoms with Crippen molar-refractivity contribution in [1.29, 1.82) is 0 Å². The summed E-state index contributed by atoms with van der Waals surface area (Å²) in [6.07, 6.45) is 8.23.